The van der Waals surface area contributed by atoms with Gasteiger partial charge >= 0.3 is 6.09 Å². The van der Waals surface area contributed by atoms with Crippen molar-refractivity contribution in [3.05, 3.63) is 59.2 Å². The highest BCUT2D eigenvalue weighted by Gasteiger charge is 2.75. The predicted octanol–water partition coefficient (Wildman–Crippen LogP) is 4.57. The molecular weight excluding hydrogens is 546 g/mol. The fourth-order valence-electron chi connectivity index (χ4n) is 6.44. The summed E-state index contributed by atoms with van der Waals surface area (Å²) in [6.07, 6.45) is 3.34. The summed E-state index contributed by atoms with van der Waals surface area (Å²) in [7, 11) is 1.80. The topological polar surface area (TPSA) is 108 Å². The van der Waals surface area contributed by atoms with E-state index in [1.54, 1.807) is 17.3 Å². The number of carbonyl (C=O) groups is 4. The van der Waals surface area contributed by atoms with Gasteiger partial charge in [0, 0.05) is 56.3 Å². The molecule has 3 saturated carbocycles. The number of benzene rings is 2. The number of carbonyl (C=O) groups excluding carboxylic acids is 4. The molecule has 226 valence electrons. The fourth-order valence-corrected chi connectivity index (χ4v) is 6.44. The number of rotatable bonds is 10. The zero-order valence-corrected chi connectivity index (χ0v) is 24.4. The summed E-state index contributed by atoms with van der Waals surface area (Å²) in [6.45, 7) is 6.72. The van der Waals surface area contributed by atoms with Crippen molar-refractivity contribution in [3.8, 4) is 0 Å². The van der Waals surface area contributed by atoms with Gasteiger partial charge in [-0.25, -0.2) is 13.6 Å². The number of hydrogen-bond acceptors (Lipinski definition) is 6. The van der Waals surface area contributed by atoms with Gasteiger partial charge in [-0.05, 0) is 43.0 Å². The van der Waals surface area contributed by atoms with Crippen LogP contribution in [0, 0.1) is 24.0 Å². The number of amides is 4. The number of nitrogens with one attached hydrogen (secondary N) is 2. The number of para-hydroxylation sites is 1. The summed E-state index contributed by atoms with van der Waals surface area (Å²) >= 11 is 0. The third kappa shape index (κ3) is 6.10. The van der Waals surface area contributed by atoms with Crippen LogP contribution in [0.1, 0.15) is 63.0 Å². The lowest BCUT2D eigenvalue weighted by atomic mass is 9.40. The molecule has 1 heterocycles. The average Bonchev–Trinajstić information content (AvgIpc) is 2.87. The molecule has 11 heteroatoms. The fraction of sp³-hybridized carbons (Fsp3) is 0.484. The van der Waals surface area contributed by atoms with E-state index in [9.17, 15) is 18.4 Å². The number of nitrogens with zero attached hydrogens (tertiary/aromatic N) is 2. The first-order valence-corrected chi connectivity index (χ1v) is 14.2. The Hall–Kier alpha value is -4.02. The molecule has 1 aliphatic heterocycles. The van der Waals surface area contributed by atoms with Gasteiger partial charge in [-0.1, -0.05) is 38.5 Å². The molecule has 4 fully saturated rings. The monoisotopic (exact) mass is 584 g/mol. The second kappa shape index (κ2) is 12.5. The van der Waals surface area contributed by atoms with Gasteiger partial charge in [-0.3, -0.25) is 14.4 Å². The Morgan fingerprint density at radius 3 is 2.24 bits per heavy atom. The lowest BCUT2D eigenvalue weighted by Crippen LogP contribution is -2.74. The molecule has 9 nitrogen and oxygen atoms in total. The van der Waals surface area contributed by atoms with Crippen LogP contribution in [0.2, 0.25) is 0 Å². The van der Waals surface area contributed by atoms with Crippen molar-refractivity contribution in [3.63, 3.8) is 0 Å². The summed E-state index contributed by atoms with van der Waals surface area (Å²) in [5.41, 5.74) is 1.55. The van der Waals surface area contributed by atoms with Crippen LogP contribution in [0.3, 0.4) is 0 Å². The Morgan fingerprint density at radius 1 is 1.12 bits per heavy atom. The number of anilines is 2. The van der Waals surface area contributed by atoms with E-state index in [0.717, 1.165) is 24.1 Å². The largest absolute Gasteiger partial charge is 0.443 e. The zero-order valence-electron chi connectivity index (χ0n) is 24.4. The van der Waals surface area contributed by atoms with Crippen LogP contribution in [0.5, 0.6) is 0 Å². The van der Waals surface area contributed by atoms with Gasteiger partial charge in [-0.15, -0.1) is 0 Å². The highest BCUT2D eigenvalue weighted by atomic mass is 19.1. The zero-order chi connectivity index (χ0) is 30.7. The van der Waals surface area contributed by atoms with Crippen molar-refractivity contribution in [1.29, 1.82) is 0 Å². The van der Waals surface area contributed by atoms with Crippen LogP contribution >= 0.6 is 0 Å². The summed E-state index contributed by atoms with van der Waals surface area (Å²) in [5.74, 6) is -1.15. The molecule has 2 N–H and O–H groups in total. The highest BCUT2D eigenvalue weighted by Crippen LogP contribution is 2.69. The second-order valence-electron chi connectivity index (χ2n) is 11.7. The summed E-state index contributed by atoms with van der Waals surface area (Å²) < 4.78 is 35.0. The van der Waals surface area contributed by atoms with Gasteiger partial charge in [0.2, 0.25) is 18.7 Å². The first kappa shape index (κ1) is 30.9. The molecule has 42 heavy (non-hydrogen) atoms. The molecule has 3 aliphatic carbocycles. The third-order valence-electron chi connectivity index (χ3n) is 8.51. The standard InChI is InChI=1S/C29H35F2N3O3.C2H3NO2/c1-5-8-19(3)25-22(30)11-21(12-23(25)31)34-13-20(14-34)32-27(36)37-29-15-28(16-29,17-29)26(35)33(4)24-10-7-6-9-18(24)2;4-1-3-2-5/h6-7,9-12,19-20H,5,8,13-17H2,1-4H3,(H,32,36);1-2H,(H,3,4,5). The van der Waals surface area contributed by atoms with Crippen LogP contribution in [0.15, 0.2) is 36.4 Å². The van der Waals surface area contributed by atoms with Gasteiger partial charge < -0.3 is 25.2 Å². The van der Waals surface area contributed by atoms with Gasteiger partial charge in [0.1, 0.15) is 17.2 Å². The molecule has 6 rings (SSSR count). The Kier molecular flexibility index (Phi) is 9.18. The van der Waals surface area contributed by atoms with E-state index in [-0.39, 0.29) is 23.4 Å². The van der Waals surface area contributed by atoms with Crippen LogP contribution in [0.4, 0.5) is 25.0 Å². The number of aryl methyl sites for hydroxylation is 1. The van der Waals surface area contributed by atoms with Gasteiger partial charge in [-0.2, -0.15) is 0 Å². The Labute approximate surface area is 244 Å². The van der Waals surface area contributed by atoms with Crippen molar-refractivity contribution >= 4 is 36.2 Å². The number of imide groups is 1. The minimum atomic E-state index is -0.562. The Balaban J connectivity index is 0.000000748. The van der Waals surface area contributed by atoms with Gasteiger partial charge in [0.15, 0.2) is 0 Å². The van der Waals surface area contributed by atoms with E-state index in [4.69, 9.17) is 14.3 Å². The molecule has 2 aromatic rings. The molecule has 1 atom stereocenters. The van der Waals surface area contributed by atoms with Crippen LogP contribution in [-0.4, -0.2) is 56.6 Å². The molecule has 4 aliphatic rings. The number of ether oxygens (including phenoxy) is 1. The van der Waals surface area contributed by atoms with Crippen molar-refractivity contribution in [2.75, 3.05) is 29.9 Å². The van der Waals surface area contributed by atoms with E-state index in [0.29, 0.717) is 50.9 Å². The highest BCUT2D eigenvalue weighted by molar-refractivity contribution is 6.00. The number of halogens is 2. The maximum atomic E-state index is 14.6. The summed E-state index contributed by atoms with van der Waals surface area (Å²) in [6, 6.07) is 10.4. The van der Waals surface area contributed by atoms with E-state index >= 15 is 0 Å². The minimum Gasteiger partial charge on any atom is -0.443 e. The molecule has 1 saturated heterocycles. The lowest BCUT2D eigenvalue weighted by molar-refractivity contribution is -0.246. The van der Waals surface area contributed by atoms with Crippen molar-refractivity contribution in [2.45, 2.75) is 70.4 Å². The predicted molar refractivity (Wildman–Crippen MR) is 154 cm³/mol. The molecule has 0 aromatic heterocycles. The Bertz CT molecular complexity index is 1300. The van der Waals surface area contributed by atoms with Crippen LogP contribution in [0.25, 0.3) is 0 Å². The minimum absolute atomic E-state index is 0.0666. The van der Waals surface area contributed by atoms with Crippen LogP contribution in [-0.2, 0) is 19.1 Å². The van der Waals surface area contributed by atoms with E-state index in [1.165, 1.54) is 12.1 Å². The van der Waals surface area contributed by atoms with Gasteiger partial charge in [0.25, 0.3) is 0 Å². The van der Waals surface area contributed by atoms with Crippen molar-refractivity contribution in [2.24, 2.45) is 5.41 Å². The normalized spacial score (nSPS) is 22.6. The summed E-state index contributed by atoms with van der Waals surface area (Å²) in [4.78, 5) is 47.3. The lowest BCUT2D eigenvalue weighted by Gasteiger charge is -2.67. The number of alkyl carbamates (subject to hydrolysis) is 1. The van der Waals surface area contributed by atoms with Crippen LogP contribution < -0.4 is 20.4 Å². The third-order valence-corrected chi connectivity index (χ3v) is 8.51. The second-order valence-corrected chi connectivity index (χ2v) is 11.7. The molecular formula is C31H38F2N4O5. The molecule has 2 aromatic carbocycles. The molecule has 0 radical (unpaired) electrons. The quantitative estimate of drug-likeness (QED) is 0.397. The van der Waals surface area contributed by atoms with E-state index < -0.39 is 28.7 Å². The molecule has 2 bridgehead atoms. The van der Waals surface area contributed by atoms with E-state index in [1.807, 2.05) is 49.9 Å². The van der Waals surface area contributed by atoms with Gasteiger partial charge in [0.05, 0.1) is 11.5 Å². The van der Waals surface area contributed by atoms with Crippen molar-refractivity contribution in [1.82, 2.24) is 10.6 Å². The van der Waals surface area contributed by atoms with E-state index in [2.05, 4.69) is 5.32 Å². The average molecular weight is 585 g/mol. The number of hydrogen-bond donors (Lipinski definition) is 2. The molecule has 1 unspecified atom stereocenters. The maximum absolute atomic E-state index is 14.6. The first-order valence-electron chi connectivity index (χ1n) is 14.2. The maximum Gasteiger partial charge on any atom is 0.408 e. The molecule has 0 spiro atoms. The smallest absolute Gasteiger partial charge is 0.408 e. The first-order chi connectivity index (χ1) is 20.0. The van der Waals surface area contributed by atoms with Crippen molar-refractivity contribution < 1.29 is 32.7 Å². The molecule has 4 amide bonds. The Morgan fingerprint density at radius 2 is 1.71 bits per heavy atom. The summed E-state index contributed by atoms with van der Waals surface area (Å²) in [5, 5.41) is 4.60. The SMILES string of the molecule is CCCC(C)c1c(F)cc(N2CC(NC(=O)OC34CC(C(=O)N(C)c5ccccc5C)(C3)C4)C2)cc1F.O=CNC=O.